The molecular formula is C16H17ClN4O2. The Labute approximate surface area is 139 Å². The highest BCUT2D eigenvalue weighted by molar-refractivity contribution is 6.30. The third-order valence-corrected chi connectivity index (χ3v) is 3.74. The van der Waals surface area contributed by atoms with Gasteiger partial charge in [-0.25, -0.2) is 9.97 Å². The third-order valence-electron chi connectivity index (χ3n) is 3.50. The zero-order chi connectivity index (χ0) is 16.1. The van der Waals surface area contributed by atoms with Gasteiger partial charge in [0.15, 0.2) is 0 Å². The van der Waals surface area contributed by atoms with Crippen LogP contribution in [0.3, 0.4) is 0 Å². The summed E-state index contributed by atoms with van der Waals surface area (Å²) in [6.07, 6.45) is 5.36. The first-order chi connectivity index (χ1) is 11.2. The van der Waals surface area contributed by atoms with Gasteiger partial charge in [-0.05, 0) is 31.0 Å². The first kappa shape index (κ1) is 15.7. The summed E-state index contributed by atoms with van der Waals surface area (Å²) in [6.45, 7) is 1.52. The summed E-state index contributed by atoms with van der Waals surface area (Å²) >= 11 is 5.89. The number of benzene rings is 1. The highest BCUT2D eigenvalue weighted by Gasteiger charge is 2.15. The van der Waals surface area contributed by atoms with Crippen LogP contribution in [-0.4, -0.2) is 35.1 Å². The van der Waals surface area contributed by atoms with Crippen LogP contribution in [0.15, 0.2) is 36.7 Å². The van der Waals surface area contributed by atoms with Crippen molar-refractivity contribution in [3.63, 3.8) is 0 Å². The summed E-state index contributed by atoms with van der Waals surface area (Å²) < 4.78 is 5.53. The first-order valence-corrected chi connectivity index (χ1v) is 7.83. The smallest absolute Gasteiger partial charge is 0.275 e. The summed E-state index contributed by atoms with van der Waals surface area (Å²) in [4.78, 5) is 20.4. The molecule has 120 valence electrons. The van der Waals surface area contributed by atoms with Crippen LogP contribution in [0.25, 0.3) is 0 Å². The van der Waals surface area contributed by atoms with E-state index in [-0.39, 0.29) is 17.7 Å². The molecule has 0 spiro atoms. The van der Waals surface area contributed by atoms with E-state index in [1.807, 2.05) is 0 Å². The number of carbonyl (C=O) groups excluding carboxylic acids is 1. The van der Waals surface area contributed by atoms with Crippen LogP contribution in [0.5, 0.6) is 0 Å². The number of halogens is 1. The average molecular weight is 333 g/mol. The number of nitrogens with one attached hydrogen (secondary N) is 2. The van der Waals surface area contributed by atoms with Gasteiger partial charge in [-0.1, -0.05) is 17.7 Å². The number of amides is 1. The molecule has 0 bridgehead atoms. The number of aromatic nitrogens is 2. The highest BCUT2D eigenvalue weighted by atomic mass is 35.5. The van der Waals surface area contributed by atoms with Gasteiger partial charge >= 0.3 is 0 Å². The molecule has 1 saturated heterocycles. The quantitative estimate of drug-likeness (QED) is 0.880. The van der Waals surface area contributed by atoms with Gasteiger partial charge in [-0.2, -0.15) is 0 Å². The zero-order valence-electron chi connectivity index (χ0n) is 12.5. The second kappa shape index (κ2) is 7.39. The van der Waals surface area contributed by atoms with Crippen molar-refractivity contribution in [2.75, 3.05) is 23.8 Å². The van der Waals surface area contributed by atoms with Crippen molar-refractivity contribution >= 4 is 29.0 Å². The molecule has 0 aliphatic carbocycles. The maximum Gasteiger partial charge on any atom is 0.275 e. The summed E-state index contributed by atoms with van der Waals surface area (Å²) in [6, 6.07) is 6.94. The van der Waals surface area contributed by atoms with E-state index in [1.165, 1.54) is 6.20 Å². The Hall–Kier alpha value is -2.18. The zero-order valence-corrected chi connectivity index (χ0v) is 13.2. The van der Waals surface area contributed by atoms with Gasteiger partial charge in [-0.15, -0.1) is 0 Å². The predicted octanol–water partition coefficient (Wildman–Crippen LogP) is 2.97. The largest absolute Gasteiger partial charge is 0.376 e. The Morgan fingerprint density at radius 2 is 2.26 bits per heavy atom. The molecule has 2 heterocycles. The second-order valence-electron chi connectivity index (χ2n) is 5.27. The molecule has 1 amide bonds. The first-order valence-electron chi connectivity index (χ1n) is 7.45. The molecule has 1 aliphatic heterocycles. The number of ether oxygens (including phenoxy) is 1. The minimum atomic E-state index is -0.328. The molecule has 1 aromatic carbocycles. The van der Waals surface area contributed by atoms with E-state index < -0.39 is 0 Å². The van der Waals surface area contributed by atoms with E-state index in [0.717, 1.165) is 19.4 Å². The van der Waals surface area contributed by atoms with Gasteiger partial charge in [0.05, 0.1) is 18.5 Å². The van der Waals surface area contributed by atoms with Gasteiger partial charge in [0, 0.05) is 23.9 Å². The second-order valence-corrected chi connectivity index (χ2v) is 5.70. The number of anilines is 2. The minimum absolute atomic E-state index is 0.225. The average Bonchev–Trinajstić information content (AvgIpc) is 3.07. The lowest BCUT2D eigenvalue weighted by molar-refractivity contribution is 0.102. The Balaban J connectivity index is 1.56. The lowest BCUT2D eigenvalue weighted by Gasteiger charge is -2.11. The van der Waals surface area contributed by atoms with Crippen molar-refractivity contribution in [1.29, 1.82) is 0 Å². The predicted molar refractivity (Wildman–Crippen MR) is 88.9 cm³/mol. The normalized spacial score (nSPS) is 17.0. The van der Waals surface area contributed by atoms with Gasteiger partial charge in [0.2, 0.25) is 0 Å². The summed E-state index contributed by atoms with van der Waals surface area (Å²) in [7, 11) is 0. The summed E-state index contributed by atoms with van der Waals surface area (Å²) in [5.41, 5.74) is 0.859. The number of carbonyl (C=O) groups is 1. The summed E-state index contributed by atoms with van der Waals surface area (Å²) in [5, 5.41) is 6.45. The standard InChI is InChI=1S/C16H17ClN4O2/c17-11-3-1-4-12(7-11)21-16(22)14-9-20-15(10-18-14)19-8-13-5-2-6-23-13/h1,3-4,7,9-10,13H,2,5-6,8H2,(H,19,20)(H,21,22). The number of hydrogen-bond acceptors (Lipinski definition) is 5. The van der Waals surface area contributed by atoms with E-state index in [1.54, 1.807) is 30.5 Å². The van der Waals surface area contributed by atoms with E-state index >= 15 is 0 Å². The molecule has 1 atom stereocenters. The van der Waals surface area contributed by atoms with Gasteiger partial charge in [0.25, 0.3) is 5.91 Å². The number of nitrogens with zero attached hydrogens (tertiary/aromatic N) is 2. The lowest BCUT2D eigenvalue weighted by atomic mass is 10.2. The fraction of sp³-hybridized carbons (Fsp3) is 0.312. The molecule has 1 aromatic heterocycles. The van der Waals surface area contributed by atoms with Crippen molar-refractivity contribution in [2.24, 2.45) is 0 Å². The van der Waals surface area contributed by atoms with Crippen LogP contribution in [-0.2, 0) is 4.74 Å². The maximum absolute atomic E-state index is 12.1. The molecule has 23 heavy (non-hydrogen) atoms. The van der Waals surface area contributed by atoms with E-state index in [4.69, 9.17) is 16.3 Å². The Bertz CT molecular complexity index is 672. The SMILES string of the molecule is O=C(Nc1cccc(Cl)c1)c1cnc(NCC2CCCO2)cn1. The summed E-state index contributed by atoms with van der Waals surface area (Å²) in [5.74, 6) is 0.297. The van der Waals surface area contributed by atoms with Crippen molar-refractivity contribution in [1.82, 2.24) is 9.97 Å². The van der Waals surface area contributed by atoms with Gasteiger partial charge < -0.3 is 15.4 Å². The molecule has 7 heteroatoms. The van der Waals surface area contributed by atoms with Crippen LogP contribution >= 0.6 is 11.6 Å². The molecule has 2 aromatic rings. The molecule has 0 radical (unpaired) electrons. The molecular weight excluding hydrogens is 316 g/mol. The van der Waals surface area contributed by atoms with E-state index in [2.05, 4.69) is 20.6 Å². The Morgan fingerprint density at radius 3 is 2.96 bits per heavy atom. The molecule has 6 nitrogen and oxygen atoms in total. The molecule has 2 N–H and O–H groups in total. The van der Waals surface area contributed by atoms with Crippen molar-refractivity contribution in [3.8, 4) is 0 Å². The topological polar surface area (TPSA) is 76.1 Å². The van der Waals surface area contributed by atoms with Crippen molar-refractivity contribution < 1.29 is 9.53 Å². The fourth-order valence-electron chi connectivity index (χ4n) is 2.32. The van der Waals surface area contributed by atoms with Gasteiger partial charge in [-0.3, -0.25) is 4.79 Å². The minimum Gasteiger partial charge on any atom is -0.376 e. The van der Waals surface area contributed by atoms with Crippen LogP contribution < -0.4 is 10.6 Å². The lowest BCUT2D eigenvalue weighted by Crippen LogP contribution is -2.19. The fourth-order valence-corrected chi connectivity index (χ4v) is 2.51. The molecule has 1 aliphatic rings. The monoisotopic (exact) mass is 332 g/mol. The van der Waals surface area contributed by atoms with E-state index in [9.17, 15) is 4.79 Å². The van der Waals surface area contributed by atoms with Crippen molar-refractivity contribution in [2.45, 2.75) is 18.9 Å². The molecule has 1 unspecified atom stereocenters. The maximum atomic E-state index is 12.1. The van der Waals surface area contributed by atoms with Gasteiger partial charge in [0.1, 0.15) is 11.5 Å². The van der Waals surface area contributed by atoms with Crippen molar-refractivity contribution in [3.05, 3.63) is 47.4 Å². The van der Waals surface area contributed by atoms with Crippen LogP contribution in [0, 0.1) is 0 Å². The molecule has 0 saturated carbocycles. The van der Waals surface area contributed by atoms with E-state index in [0.29, 0.717) is 23.1 Å². The van der Waals surface area contributed by atoms with Crippen LogP contribution in [0.2, 0.25) is 5.02 Å². The molecule has 1 fully saturated rings. The number of hydrogen-bond donors (Lipinski definition) is 2. The number of rotatable bonds is 5. The van der Waals surface area contributed by atoms with Crippen LogP contribution in [0.4, 0.5) is 11.5 Å². The third kappa shape index (κ3) is 4.40. The highest BCUT2D eigenvalue weighted by Crippen LogP contribution is 2.16. The Kier molecular flexibility index (Phi) is 5.05. The van der Waals surface area contributed by atoms with Crippen LogP contribution in [0.1, 0.15) is 23.3 Å². The molecule has 3 rings (SSSR count). The Morgan fingerprint density at radius 1 is 1.35 bits per heavy atom.